The standard InChI is InChI=1S/C19H32Si/c1-6-7-9-14-19(20(3,4)5)16-15-17(2)18-12-10-8-11-13-18/h8,10-13,15-17,19H,6-7,9,14H2,1-5H3/b16-15+. The highest BCUT2D eigenvalue weighted by molar-refractivity contribution is 6.78. The maximum atomic E-state index is 2.53. The molecule has 0 bridgehead atoms. The van der Waals surface area contributed by atoms with E-state index in [4.69, 9.17) is 0 Å². The SMILES string of the molecule is CCCCCC(/C=C/C(C)c1ccccc1)[Si](C)(C)C. The first-order valence-electron chi connectivity index (χ1n) is 8.18. The summed E-state index contributed by atoms with van der Waals surface area (Å²) in [6.07, 6.45) is 10.4. The van der Waals surface area contributed by atoms with Gasteiger partial charge in [0.1, 0.15) is 0 Å². The molecule has 0 nitrogen and oxygen atoms in total. The highest BCUT2D eigenvalue weighted by Gasteiger charge is 2.23. The van der Waals surface area contributed by atoms with E-state index in [0.29, 0.717) is 5.92 Å². The van der Waals surface area contributed by atoms with Crippen LogP contribution in [0.2, 0.25) is 25.2 Å². The van der Waals surface area contributed by atoms with E-state index in [2.05, 4.69) is 76.0 Å². The molecule has 2 atom stereocenters. The molecule has 20 heavy (non-hydrogen) atoms. The lowest BCUT2D eigenvalue weighted by atomic mass is 10.00. The Morgan fingerprint density at radius 3 is 2.20 bits per heavy atom. The smallest absolute Gasteiger partial charge is 0.0513 e. The zero-order valence-electron chi connectivity index (χ0n) is 14.0. The zero-order chi connectivity index (χ0) is 15.0. The Labute approximate surface area is 127 Å². The van der Waals surface area contributed by atoms with Gasteiger partial charge >= 0.3 is 0 Å². The lowest BCUT2D eigenvalue weighted by Gasteiger charge is -2.26. The van der Waals surface area contributed by atoms with Gasteiger partial charge in [0.25, 0.3) is 0 Å². The fourth-order valence-corrected chi connectivity index (χ4v) is 4.36. The molecule has 0 aliphatic rings. The monoisotopic (exact) mass is 288 g/mol. The molecule has 0 aliphatic carbocycles. The number of benzene rings is 1. The molecule has 0 aromatic heterocycles. The lowest BCUT2D eigenvalue weighted by molar-refractivity contribution is 0.664. The maximum Gasteiger partial charge on any atom is 0.0513 e. The van der Waals surface area contributed by atoms with Crippen LogP contribution in [0.25, 0.3) is 0 Å². The molecule has 0 aliphatic heterocycles. The second-order valence-electron chi connectivity index (χ2n) is 7.05. The van der Waals surface area contributed by atoms with Crippen molar-refractivity contribution in [2.45, 2.75) is 70.6 Å². The van der Waals surface area contributed by atoms with Gasteiger partial charge in [0.15, 0.2) is 0 Å². The second kappa shape index (κ2) is 8.46. The van der Waals surface area contributed by atoms with Crippen LogP contribution in [-0.4, -0.2) is 8.07 Å². The summed E-state index contributed by atoms with van der Waals surface area (Å²) in [7, 11) is -1.09. The molecule has 0 radical (unpaired) electrons. The van der Waals surface area contributed by atoms with Gasteiger partial charge in [-0.3, -0.25) is 0 Å². The van der Waals surface area contributed by atoms with Crippen LogP contribution in [0.3, 0.4) is 0 Å². The first kappa shape index (κ1) is 17.2. The molecule has 0 N–H and O–H groups in total. The van der Waals surface area contributed by atoms with Crippen LogP contribution in [0.15, 0.2) is 42.5 Å². The van der Waals surface area contributed by atoms with Crippen LogP contribution >= 0.6 is 0 Å². The lowest BCUT2D eigenvalue weighted by Crippen LogP contribution is -2.26. The highest BCUT2D eigenvalue weighted by atomic mass is 28.3. The van der Waals surface area contributed by atoms with E-state index in [0.717, 1.165) is 5.54 Å². The van der Waals surface area contributed by atoms with Gasteiger partial charge in [-0.2, -0.15) is 0 Å². The Morgan fingerprint density at radius 1 is 1.00 bits per heavy atom. The molecule has 0 fully saturated rings. The number of unbranched alkanes of at least 4 members (excludes halogenated alkanes) is 2. The normalized spacial score (nSPS) is 15.4. The number of hydrogen-bond acceptors (Lipinski definition) is 0. The first-order chi connectivity index (χ1) is 9.45. The van der Waals surface area contributed by atoms with Gasteiger partial charge in [0, 0.05) is 0 Å². The summed E-state index contributed by atoms with van der Waals surface area (Å²) >= 11 is 0. The third-order valence-corrected chi connectivity index (χ3v) is 6.89. The number of allylic oxidation sites excluding steroid dienone is 2. The average molecular weight is 289 g/mol. The summed E-state index contributed by atoms with van der Waals surface area (Å²) in [6.45, 7) is 12.1. The van der Waals surface area contributed by atoms with E-state index in [-0.39, 0.29) is 0 Å². The van der Waals surface area contributed by atoms with Crippen molar-refractivity contribution < 1.29 is 0 Å². The van der Waals surface area contributed by atoms with Crippen molar-refractivity contribution in [2.24, 2.45) is 0 Å². The predicted molar refractivity (Wildman–Crippen MR) is 95.2 cm³/mol. The number of rotatable bonds is 8. The average Bonchev–Trinajstić information content (AvgIpc) is 2.42. The van der Waals surface area contributed by atoms with Crippen molar-refractivity contribution in [3.05, 3.63) is 48.0 Å². The summed E-state index contributed by atoms with van der Waals surface area (Å²) in [5, 5.41) is 0. The van der Waals surface area contributed by atoms with Gasteiger partial charge in [0.2, 0.25) is 0 Å². The molecular formula is C19H32Si. The summed E-state index contributed by atoms with van der Waals surface area (Å²) in [6, 6.07) is 10.8. The molecule has 0 heterocycles. The summed E-state index contributed by atoms with van der Waals surface area (Å²) in [5.74, 6) is 0.529. The van der Waals surface area contributed by atoms with E-state index in [1.807, 2.05) is 0 Å². The minimum Gasteiger partial charge on any atom is -0.0875 e. The van der Waals surface area contributed by atoms with Crippen molar-refractivity contribution in [3.8, 4) is 0 Å². The van der Waals surface area contributed by atoms with E-state index in [1.165, 1.54) is 31.2 Å². The Balaban J connectivity index is 2.66. The molecule has 0 amide bonds. The molecule has 1 aromatic carbocycles. The van der Waals surface area contributed by atoms with E-state index < -0.39 is 8.07 Å². The van der Waals surface area contributed by atoms with Crippen molar-refractivity contribution >= 4 is 8.07 Å². The van der Waals surface area contributed by atoms with Crippen LogP contribution in [0, 0.1) is 0 Å². The Morgan fingerprint density at radius 2 is 1.65 bits per heavy atom. The second-order valence-corrected chi connectivity index (χ2v) is 12.5. The third-order valence-electron chi connectivity index (χ3n) is 4.19. The van der Waals surface area contributed by atoms with E-state index >= 15 is 0 Å². The number of hydrogen-bond donors (Lipinski definition) is 0. The molecule has 1 rings (SSSR count). The van der Waals surface area contributed by atoms with Crippen LogP contribution in [-0.2, 0) is 0 Å². The Bertz CT molecular complexity index is 386. The van der Waals surface area contributed by atoms with Crippen LogP contribution < -0.4 is 0 Å². The molecule has 1 heteroatoms. The van der Waals surface area contributed by atoms with Crippen molar-refractivity contribution in [2.75, 3.05) is 0 Å². The largest absolute Gasteiger partial charge is 0.0875 e. The molecule has 0 saturated heterocycles. The van der Waals surface area contributed by atoms with E-state index in [9.17, 15) is 0 Å². The van der Waals surface area contributed by atoms with Crippen LogP contribution in [0.4, 0.5) is 0 Å². The van der Waals surface area contributed by atoms with Gasteiger partial charge in [-0.1, -0.05) is 95.2 Å². The quantitative estimate of drug-likeness (QED) is 0.286. The molecule has 2 unspecified atom stereocenters. The van der Waals surface area contributed by atoms with Gasteiger partial charge in [0.05, 0.1) is 8.07 Å². The molecule has 0 spiro atoms. The Kier molecular flexibility index (Phi) is 7.29. The third kappa shape index (κ3) is 6.09. The van der Waals surface area contributed by atoms with Gasteiger partial charge in [-0.05, 0) is 23.4 Å². The summed E-state index contributed by atoms with van der Waals surface area (Å²) in [4.78, 5) is 0. The molecule has 112 valence electrons. The minimum atomic E-state index is -1.09. The van der Waals surface area contributed by atoms with E-state index in [1.54, 1.807) is 0 Å². The van der Waals surface area contributed by atoms with Gasteiger partial charge in [-0.25, -0.2) is 0 Å². The van der Waals surface area contributed by atoms with Crippen molar-refractivity contribution in [1.82, 2.24) is 0 Å². The molecule has 1 aromatic rings. The molecule has 0 saturated carbocycles. The maximum absolute atomic E-state index is 2.53. The van der Waals surface area contributed by atoms with Gasteiger partial charge < -0.3 is 0 Å². The minimum absolute atomic E-state index is 0.529. The fourth-order valence-electron chi connectivity index (χ4n) is 2.60. The van der Waals surface area contributed by atoms with Crippen molar-refractivity contribution in [1.29, 1.82) is 0 Å². The fraction of sp³-hybridized carbons (Fsp3) is 0.579. The summed E-state index contributed by atoms with van der Waals surface area (Å²) in [5.41, 5.74) is 2.24. The first-order valence-corrected chi connectivity index (χ1v) is 11.8. The zero-order valence-corrected chi connectivity index (χ0v) is 15.0. The van der Waals surface area contributed by atoms with Crippen LogP contribution in [0.5, 0.6) is 0 Å². The topological polar surface area (TPSA) is 0 Å². The van der Waals surface area contributed by atoms with Crippen LogP contribution in [0.1, 0.15) is 51.0 Å². The highest BCUT2D eigenvalue weighted by Crippen LogP contribution is 2.30. The summed E-state index contributed by atoms with van der Waals surface area (Å²) < 4.78 is 0. The van der Waals surface area contributed by atoms with Gasteiger partial charge in [-0.15, -0.1) is 0 Å². The molecular weight excluding hydrogens is 256 g/mol. The predicted octanol–water partition coefficient (Wildman–Crippen LogP) is 6.64. The Hall–Kier alpha value is -0.823. The van der Waals surface area contributed by atoms with Crippen molar-refractivity contribution in [3.63, 3.8) is 0 Å².